The van der Waals surface area contributed by atoms with Crippen LogP contribution < -0.4 is 15.5 Å². The molecule has 7 rings (SSSR count). The molecule has 0 spiro atoms. The van der Waals surface area contributed by atoms with E-state index in [0.717, 1.165) is 74.8 Å². The number of anilines is 3. The maximum Gasteiger partial charge on any atom is 0.306 e. The van der Waals surface area contributed by atoms with E-state index in [1.165, 1.54) is 12.1 Å². The number of hydrogen-bond acceptors (Lipinski definition) is 7. The van der Waals surface area contributed by atoms with Gasteiger partial charge < -0.3 is 20.6 Å². The molecule has 57 heavy (non-hydrogen) atoms. The van der Waals surface area contributed by atoms with Gasteiger partial charge in [0, 0.05) is 47.7 Å². The van der Waals surface area contributed by atoms with Crippen LogP contribution in [0.15, 0.2) is 95.9 Å². The molecular formula is C45H50N4O7S. The summed E-state index contributed by atoms with van der Waals surface area (Å²) >= 11 is 0. The summed E-state index contributed by atoms with van der Waals surface area (Å²) in [5.41, 5.74) is 5.12. The van der Waals surface area contributed by atoms with Crippen molar-refractivity contribution in [2.75, 3.05) is 28.6 Å². The van der Waals surface area contributed by atoms with Gasteiger partial charge in [-0.1, -0.05) is 42.5 Å². The fourth-order valence-corrected chi connectivity index (χ4v) is 10.0. The number of piperidine rings is 1. The molecule has 11 nitrogen and oxygen atoms in total. The number of amides is 2. The van der Waals surface area contributed by atoms with Crippen LogP contribution in [0.1, 0.15) is 107 Å². The number of carboxylic acid groups (broad SMARTS) is 1. The number of benzene rings is 4. The maximum atomic E-state index is 14.1. The standard InChI is InChI=1S/C45H50N4O7S/c1-30(50)33-14-10-31(11-15-33)8-9-32-12-18-36(19-13-32)46-44(52)41-29-39(48-26-3-2-4-27-48)24-25-42(41)47-43(51)35-6-5-7-40(28-35)57(55,56)49(38-22-23-38)37-20-16-34(17-21-37)45(53)54/h5-7,10-15,18-19,24-25,28-29,34,37-38H,2-4,8-9,16-17,20-23,26-27H2,1H3,(H,46,52)(H,47,51)(H,53,54). The molecular weight excluding hydrogens is 741 g/mol. The maximum absolute atomic E-state index is 14.1. The van der Waals surface area contributed by atoms with Crippen molar-refractivity contribution in [3.63, 3.8) is 0 Å². The zero-order valence-electron chi connectivity index (χ0n) is 32.3. The van der Waals surface area contributed by atoms with Crippen molar-refractivity contribution in [2.45, 2.75) is 94.5 Å². The van der Waals surface area contributed by atoms with Crippen LogP contribution in [0.25, 0.3) is 0 Å². The van der Waals surface area contributed by atoms with Gasteiger partial charge >= 0.3 is 5.97 Å². The van der Waals surface area contributed by atoms with Crippen molar-refractivity contribution in [1.29, 1.82) is 0 Å². The summed E-state index contributed by atoms with van der Waals surface area (Å²) in [4.78, 5) is 53.2. The molecule has 0 unspecified atom stereocenters. The third kappa shape index (κ3) is 9.62. The molecule has 0 aromatic heterocycles. The Labute approximate surface area is 334 Å². The fraction of sp³-hybridized carbons (Fsp3) is 0.378. The SMILES string of the molecule is CC(=O)c1ccc(CCc2ccc(NC(=O)c3cc(N4CCCCC4)ccc3NC(=O)c3cccc(S(=O)(=O)N(C4CCC(C(=O)O)CC4)C4CC4)c3)cc2)cc1. The van der Waals surface area contributed by atoms with Crippen LogP contribution in [0.4, 0.5) is 17.1 Å². The molecule has 1 heterocycles. The predicted octanol–water partition coefficient (Wildman–Crippen LogP) is 7.97. The lowest BCUT2D eigenvalue weighted by Gasteiger charge is -2.35. The molecule has 0 radical (unpaired) electrons. The van der Waals surface area contributed by atoms with Crippen molar-refractivity contribution in [3.8, 4) is 0 Å². The zero-order chi connectivity index (χ0) is 40.1. The molecule has 2 amide bonds. The minimum absolute atomic E-state index is 0.00940. The van der Waals surface area contributed by atoms with Crippen molar-refractivity contribution in [1.82, 2.24) is 4.31 Å². The molecule has 4 aromatic rings. The van der Waals surface area contributed by atoms with Crippen LogP contribution >= 0.6 is 0 Å². The van der Waals surface area contributed by atoms with E-state index < -0.39 is 33.7 Å². The van der Waals surface area contributed by atoms with Crippen LogP contribution in [0.5, 0.6) is 0 Å². The average molecular weight is 791 g/mol. The first kappa shape index (κ1) is 39.9. The molecule has 3 fully saturated rings. The number of rotatable bonds is 14. The van der Waals surface area contributed by atoms with Gasteiger partial charge in [-0.15, -0.1) is 0 Å². The van der Waals surface area contributed by atoms with E-state index in [1.54, 1.807) is 35.5 Å². The quantitative estimate of drug-likeness (QED) is 0.109. The molecule has 0 atom stereocenters. The number of carbonyl (C=O) groups is 4. The number of hydrogen-bond donors (Lipinski definition) is 3. The summed E-state index contributed by atoms with van der Waals surface area (Å²) in [5, 5.41) is 15.4. The minimum atomic E-state index is -3.98. The summed E-state index contributed by atoms with van der Waals surface area (Å²) in [5.74, 6) is -2.20. The summed E-state index contributed by atoms with van der Waals surface area (Å²) in [6, 6.07) is 26.3. The van der Waals surface area contributed by atoms with Crippen LogP contribution in [0.2, 0.25) is 0 Å². The average Bonchev–Trinajstić information content (AvgIpc) is 4.06. The fourth-order valence-electron chi connectivity index (χ4n) is 8.04. The van der Waals surface area contributed by atoms with E-state index in [4.69, 9.17) is 0 Å². The van der Waals surface area contributed by atoms with Gasteiger partial charge in [0.25, 0.3) is 11.8 Å². The Bertz CT molecular complexity index is 2220. The third-order valence-electron chi connectivity index (χ3n) is 11.5. The van der Waals surface area contributed by atoms with Gasteiger partial charge in [-0.3, -0.25) is 19.2 Å². The van der Waals surface area contributed by atoms with Gasteiger partial charge in [0.15, 0.2) is 5.78 Å². The Morgan fingerprint density at radius 1 is 0.702 bits per heavy atom. The number of nitrogens with one attached hydrogen (secondary N) is 2. The summed E-state index contributed by atoms with van der Waals surface area (Å²) < 4.78 is 29.8. The lowest BCUT2D eigenvalue weighted by molar-refractivity contribution is -0.143. The highest BCUT2D eigenvalue weighted by molar-refractivity contribution is 7.89. The first-order chi connectivity index (χ1) is 27.5. The molecule has 1 saturated heterocycles. The van der Waals surface area contributed by atoms with Crippen LogP contribution in [-0.2, 0) is 27.7 Å². The van der Waals surface area contributed by atoms with Crippen LogP contribution in [0.3, 0.4) is 0 Å². The Balaban J connectivity index is 1.07. The second-order valence-electron chi connectivity index (χ2n) is 15.6. The van der Waals surface area contributed by atoms with Crippen molar-refractivity contribution in [2.24, 2.45) is 5.92 Å². The number of carbonyl (C=O) groups excluding carboxylic acids is 3. The second-order valence-corrected chi connectivity index (χ2v) is 17.4. The van der Waals surface area contributed by atoms with Crippen LogP contribution in [-0.4, -0.2) is 66.6 Å². The highest BCUT2D eigenvalue weighted by Crippen LogP contribution is 2.39. The van der Waals surface area contributed by atoms with Crippen molar-refractivity contribution in [3.05, 3.63) is 119 Å². The monoisotopic (exact) mass is 790 g/mol. The van der Waals surface area contributed by atoms with Gasteiger partial charge in [0.2, 0.25) is 10.0 Å². The molecule has 12 heteroatoms. The molecule has 0 bridgehead atoms. The molecule has 2 saturated carbocycles. The van der Waals surface area contributed by atoms with Gasteiger partial charge in [-0.25, -0.2) is 8.42 Å². The number of nitrogens with zero attached hydrogens (tertiary/aromatic N) is 2. The molecule has 2 aliphatic carbocycles. The predicted molar refractivity (Wildman–Crippen MR) is 221 cm³/mol. The number of aliphatic carboxylic acids is 1. The molecule has 298 valence electrons. The number of ketones is 1. The summed E-state index contributed by atoms with van der Waals surface area (Å²) in [6.07, 6.45) is 8.17. The normalized spacial score (nSPS) is 18.5. The molecule has 3 N–H and O–H groups in total. The Kier molecular flexibility index (Phi) is 12.2. The molecule has 4 aromatic carbocycles. The molecule has 1 aliphatic heterocycles. The van der Waals surface area contributed by atoms with E-state index in [9.17, 15) is 32.7 Å². The van der Waals surface area contributed by atoms with E-state index >= 15 is 0 Å². The van der Waals surface area contributed by atoms with E-state index in [2.05, 4.69) is 15.5 Å². The minimum Gasteiger partial charge on any atom is -0.481 e. The Hall–Kier alpha value is -5.33. The van der Waals surface area contributed by atoms with Gasteiger partial charge in [0.1, 0.15) is 0 Å². The zero-order valence-corrected chi connectivity index (χ0v) is 33.1. The van der Waals surface area contributed by atoms with Gasteiger partial charge in [-0.2, -0.15) is 4.31 Å². The summed E-state index contributed by atoms with van der Waals surface area (Å²) in [7, 11) is -3.98. The number of Topliss-reactive ketones (excluding diaryl/α,β-unsaturated/α-hetero) is 1. The van der Waals surface area contributed by atoms with E-state index in [0.29, 0.717) is 42.6 Å². The van der Waals surface area contributed by atoms with Gasteiger partial charge in [-0.05, 0) is 137 Å². The highest BCUT2D eigenvalue weighted by atomic mass is 32.2. The Morgan fingerprint density at radius 2 is 1.32 bits per heavy atom. The number of aryl methyl sites for hydroxylation is 2. The van der Waals surface area contributed by atoms with Crippen LogP contribution in [0, 0.1) is 5.92 Å². The van der Waals surface area contributed by atoms with Gasteiger partial charge in [0.05, 0.1) is 22.1 Å². The third-order valence-corrected chi connectivity index (χ3v) is 13.5. The smallest absolute Gasteiger partial charge is 0.306 e. The van der Waals surface area contributed by atoms with E-state index in [1.807, 2.05) is 54.6 Å². The first-order valence-electron chi connectivity index (χ1n) is 20.0. The number of sulfonamides is 1. The topological polar surface area (TPSA) is 153 Å². The highest BCUT2D eigenvalue weighted by Gasteiger charge is 2.44. The Morgan fingerprint density at radius 3 is 1.91 bits per heavy atom. The second kappa shape index (κ2) is 17.4. The first-order valence-corrected chi connectivity index (χ1v) is 21.5. The molecule has 3 aliphatic rings. The van der Waals surface area contributed by atoms with E-state index in [-0.39, 0.29) is 33.9 Å². The van der Waals surface area contributed by atoms with Crippen molar-refractivity contribution < 1.29 is 32.7 Å². The number of carboxylic acids is 1. The van der Waals surface area contributed by atoms with Crippen molar-refractivity contribution >= 4 is 50.7 Å². The summed E-state index contributed by atoms with van der Waals surface area (Å²) in [6.45, 7) is 3.29. The largest absolute Gasteiger partial charge is 0.481 e. The lowest BCUT2D eigenvalue weighted by atomic mass is 9.86. The lowest BCUT2D eigenvalue weighted by Crippen LogP contribution is -2.44.